The van der Waals surface area contributed by atoms with Crippen LogP contribution in [0.1, 0.15) is 11.3 Å². The van der Waals surface area contributed by atoms with Crippen LogP contribution >= 0.6 is 0 Å². The molecule has 0 saturated carbocycles. The van der Waals surface area contributed by atoms with Gasteiger partial charge in [-0.2, -0.15) is 0 Å². The molecular weight excluding hydrogens is 202 g/mol. The summed E-state index contributed by atoms with van der Waals surface area (Å²) in [6.45, 7) is 0. The number of hydrogen-bond acceptors (Lipinski definition) is 2. The van der Waals surface area contributed by atoms with Crippen LogP contribution in [0.5, 0.6) is 5.75 Å². The summed E-state index contributed by atoms with van der Waals surface area (Å²) in [5.41, 5.74) is 1.71. The van der Waals surface area contributed by atoms with Crippen molar-refractivity contribution in [3.63, 3.8) is 0 Å². The number of pyridine rings is 1. The lowest BCUT2D eigenvalue weighted by Crippen LogP contribution is -2.07. The fourth-order valence-corrected chi connectivity index (χ4v) is 1.64. The standard InChI is InChI=1S/C13H13NO2/c15-12-8-11(14-13(16)9-12)7-6-10-4-2-1-3-5-10/h1-5,8-9H,6-7H2,(H2,14,15,16). The molecular formula is C13H13NO2. The van der Waals surface area contributed by atoms with Gasteiger partial charge in [0.2, 0.25) is 0 Å². The summed E-state index contributed by atoms with van der Waals surface area (Å²) in [5, 5.41) is 9.27. The minimum atomic E-state index is -0.261. The van der Waals surface area contributed by atoms with Crippen LogP contribution in [0, 0.1) is 0 Å². The summed E-state index contributed by atoms with van der Waals surface area (Å²) in [4.78, 5) is 13.8. The van der Waals surface area contributed by atoms with Gasteiger partial charge in [0.25, 0.3) is 5.56 Å². The lowest BCUT2D eigenvalue weighted by molar-refractivity contribution is 0.472. The van der Waals surface area contributed by atoms with Crippen molar-refractivity contribution in [1.82, 2.24) is 4.98 Å². The van der Waals surface area contributed by atoms with Crippen molar-refractivity contribution < 1.29 is 5.11 Å². The van der Waals surface area contributed by atoms with Crippen LogP contribution in [0.3, 0.4) is 0 Å². The molecule has 0 radical (unpaired) electrons. The Kier molecular flexibility index (Phi) is 3.05. The molecule has 3 heteroatoms. The number of benzene rings is 1. The van der Waals surface area contributed by atoms with Crippen molar-refractivity contribution in [3.8, 4) is 5.75 Å². The van der Waals surface area contributed by atoms with E-state index in [4.69, 9.17) is 0 Å². The van der Waals surface area contributed by atoms with E-state index < -0.39 is 0 Å². The van der Waals surface area contributed by atoms with Gasteiger partial charge in [0.05, 0.1) is 0 Å². The predicted molar refractivity (Wildman–Crippen MR) is 62.6 cm³/mol. The molecule has 0 aliphatic rings. The number of H-pyrrole nitrogens is 1. The Morgan fingerprint density at radius 1 is 1.06 bits per heavy atom. The van der Waals surface area contributed by atoms with Crippen LogP contribution in [-0.2, 0) is 12.8 Å². The maximum absolute atomic E-state index is 11.1. The molecule has 1 heterocycles. The molecule has 1 aromatic heterocycles. The first-order chi connectivity index (χ1) is 7.74. The summed E-state index contributed by atoms with van der Waals surface area (Å²) in [7, 11) is 0. The Balaban J connectivity index is 2.08. The van der Waals surface area contributed by atoms with Gasteiger partial charge >= 0.3 is 0 Å². The van der Waals surface area contributed by atoms with Gasteiger partial charge in [0.1, 0.15) is 5.75 Å². The maximum Gasteiger partial charge on any atom is 0.251 e. The van der Waals surface area contributed by atoms with E-state index in [0.717, 1.165) is 12.1 Å². The quantitative estimate of drug-likeness (QED) is 0.821. The minimum Gasteiger partial charge on any atom is -0.508 e. The first kappa shape index (κ1) is 10.5. The van der Waals surface area contributed by atoms with E-state index >= 15 is 0 Å². The predicted octanol–water partition coefficient (Wildman–Crippen LogP) is 1.87. The van der Waals surface area contributed by atoms with Crippen molar-refractivity contribution in [3.05, 3.63) is 64.1 Å². The van der Waals surface area contributed by atoms with Crippen molar-refractivity contribution in [1.29, 1.82) is 0 Å². The highest BCUT2D eigenvalue weighted by Gasteiger charge is 1.99. The minimum absolute atomic E-state index is 0.0202. The van der Waals surface area contributed by atoms with Gasteiger partial charge in [-0.1, -0.05) is 30.3 Å². The fraction of sp³-hybridized carbons (Fsp3) is 0.154. The number of aryl methyl sites for hydroxylation is 2. The monoisotopic (exact) mass is 215 g/mol. The molecule has 2 aromatic rings. The lowest BCUT2D eigenvalue weighted by Gasteiger charge is -2.02. The van der Waals surface area contributed by atoms with Gasteiger partial charge in [0.15, 0.2) is 0 Å². The number of aromatic nitrogens is 1. The van der Waals surface area contributed by atoms with Crippen LogP contribution < -0.4 is 5.56 Å². The molecule has 0 aliphatic carbocycles. The highest BCUT2D eigenvalue weighted by Crippen LogP contribution is 2.08. The molecule has 1 aromatic carbocycles. The Hall–Kier alpha value is -2.03. The van der Waals surface area contributed by atoms with E-state index in [9.17, 15) is 9.90 Å². The Morgan fingerprint density at radius 3 is 2.50 bits per heavy atom. The summed E-state index contributed by atoms with van der Waals surface area (Å²) < 4.78 is 0. The second kappa shape index (κ2) is 4.66. The van der Waals surface area contributed by atoms with Gasteiger partial charge in [0, 0.05) is 11.8 Å². The fourth-order valence-electron chi connectivity index (χ4n) is 1.64. The first-order valence-corrected chi connectivity index (χ1v) is 5.20. The molecule has 0 aliphatic heterocycles. The van der Waals surface area contributed by atoms with Gasteiger partial charge in [-0.15, -0.1) is 0 Å². The largest absolute Gasteiger partial charge is 0.508 e. The third-order valence-electron chi connectivity index (χ3n) is 2.41. The van der Waals surface area contributed by atoms with Crippen molar-refractivity contribution in [2.24, 2.45) is 0 Å². The number of rotatable bonds is 3. The van der Waals surface area contributed by atoms with Crippen LogP contribution in [-0.4, -0.2) is 10.1 Å². The van der Waals surface area contributed by atoms with Gasteiger partial charge in [-0.3, -0.25) is 4.79 Å². The Morgan fingerprint density at radius 2 is 1.81 bits per heavy atom. The average molecular weight is 215 g/mol. The molecule has 3 nitrogen and oxygen atoms in total. The Labute approximate surface area is 93.4 Å². The van der Waals surface area contributed by atoms with Crippen LogP contribution in [0.15, 0.2) is 47.3 Å². The molecule has 2 rings (SSSR count). The zero-order chi connectivity index (χ0) is 11.4. The topological polar surface area (TPSA) is 53.1 Å². The lowest BCUT2D eigenvalue weighted by atomic mass is 10.1. The van der Waals surface area contributed by atoms with E-state index in [1.165, 1.54) is 11.6 Å². The third kappa shape index (κ3) is 2.73. The van der Waals surface area contributed by atoms with Gasteiger partial charge < -0.3 is 10.1 Å². The zero-order valence-electron chi connectivity index (χ0n) is 8.81. The second-order valence-corrected chi connectivity index (χ2v) is 3.71. The molecule has 16 heavy (non-hydrogen) atoms. The Bertz CT molecular complexity index is 517. The average Bonchev–Trinajstić information content (AvgIpc) is 2.27. The summed E-state index contributed by atoms with van der Waals surface area (Å²) in [6.07, 6.45) is 1.56. The number of nitrogens with one attached hydrogen (secondary N) is 1. The number of hydrogen-bond donors (Lipinski definition) is 2. The summed E-state index contributed by atoms with van der Waals surface area (Å²) in [5.74, 6) is 0.0202. The molecule has 0 bridgehead atoms. The van der Waals surface area contributed by atoms with Crippen molar-refractivity contribution in [2.45, 2.75) is 12.8 Å². The van der Waals surface area contributed by atoms with E-state index in [0.29, 0.717) is 6.42 Å². The summed E-state index contributed by atoms with van der Waals surface area (Å²) >= 11 is 0. The second-order valence-electron chi connectivity index (χ2n) is 3.71. The van der Waals surface area contributed by atoms with Crippen LogP contribution in [0.25, 0.3) is 0 Å². The highest BCUT2D eigenvalue weighted by atomic mass is 16.3. The number of aromatic amines is 1. The SMILES string of the molecule is O=c1cc(O)cc(CCc2ccccc2)[nH]1. The molecule has 0 spiro atoms. The van der Waals surface area contributed by atoms with E-state index in [1.807, 2.05) is 30.3 Å². The molecule has 0 saturated heterocycles. The summed E-state index contributed by atoms with van der Waals surface area (Å²) in [6, 6.07) is 12.8. The van der Waals surface area contributed by atoms with Crippen molar-refractivity contribution >= 4 is 0 Å². The van der Waals surface area contributed by atoms with Gasteiger partial charge in [-0.05, 0) is 24.5 Å². The molecule has 82 valence electrons. The smallest absolute Gasteiger partial charge is 0.251 e. The highest BCUT2D eigenvalue weighted by molar-refractivity contribution is 5.22. The van der Waals surface area contributed by atoms with E-state index in [1.54, 1.807) is 6.07 Å². The molecule has 0 amide bonds. The third-order valence-corrected chi connectivity index (χ3v) is 2.41. The van der Waals surface area contributed by atoms with E-state index in [2.05, 4.69) is 4.98 Å². The van der Waals surface area contributed by atoms with Crippen LogP contribution in [0.4, 0.5) is 0 Å². The van der Waals surface area contributed by atoms with Crippen LogP contribution in [0.2, 0.25) is 0 Å². The maximum atomic E-state index is 11.1. The first-order valence-electron chi connectivity index (χ1n) is 5.20. The van der Waals surface area contributed by atoms with E-state index in [-0.39, 0.29) is 11.3 Å². The molecule has 0 fully saturated rings. The zero-order valence-corrected chi connectivity index (χ0v) is 8.81. The van der Waals surface area contributed by atoms with Gasteiger partial charge in [-0.25, -0.2) is 0 Å². The molecule has 2 N–H and O–H groups in total. The number of aromatic hydroxyl groups is 1. The molecule has 0 atom stereocenters. The van der Waals surface area contributed by atoms with Crippen molar-refractivity contribution in [2.75, 3.05) is 0 Å². The molecule has 0 unspecified atom stereocenters. The normalized spacial score (nSPS) is 10.2.